The maximum absolute atomic E-state index is 14.0. The van der Waals surface area contributed by atoms with E-state index in [-0.39, 0.29) is 17.6 Å². The number of nitrogens with zero attached hydrogens (tertiary/aromatic N) is 3. The Labute approximate surface area is 172 Å². The Balaban J connectivity index is 2.57. The summed E-state index contributed by atoms with van der Waals surface area (Å²) in [6.45, 7) is -2.36. The third-order valence-electron chi connectivity index (χ3n) is 5.93. The third-order valence-corrected chi connectivity index (χ3v) is 10.9. The third kappa shape index (κ3) is 2.65. The van der Waals surface area contributed by atoms with Crippen molar-refractivity contribution in [2.45, 2.75) is 48.7 Å². The second-order valence-corrected chi connectivity index (χ2v) is 11.4. The van der Waals surface area contributed by atoms with Gasteiger partial charge in [-0.15, -0.1) is 0 Å². The van der Waals surface area contributed by atoms with Crippen LogP contribution in [-0.2, 0) is 9.05 Å². The summed E-state index contributed by atoms with van der Waals surface area (Å²) in [6.07, 6.45) is -29.0. The molecule has 3 rings (SSSR count). The van der Waals surface area contributed by atoms with Crippen LogP contribution in [0.4, 0.5) is 52.7 Å². The van der Waals surface area contributed by atoms with Crippen molar-refractivity contribution >= 4 is 7.51 Å². The number of nitrogens with two attached hydrogens (primary N) is 1. The average molecular weight is 520 g/mol. The van der Waals surface area contributed by atoms with Gasteiger partial charge in [0, 0.05) is 0 Å². The van der Waals surface area contributed by atoms with E-state index < -0.39 is 69.6 Å². The predicted octanol–water partition coefficient (Wildman–Crippen LogP) is 4.11. The van der Waals surface area contributed by atoms with Gasteiger partial charge in [-0.2, -0.15) is 0 Å². The number of hydrogen-bond acceptors (Lipinski definition) is 6. The van der Waals surface area contributed by atoms with Crippen molar-refractivity contribution in [3.63, 3.8) is 0 Å². The molecule has 3 aliphatic heterocycles. The van der Waals surface area contributed by atoms with Gasteiger partial charge >= 0.3 is 171 Å². The van der Waals surface area contributed by atoms with E-state index >= 15 is 0 Å². The summed E-state index contributed by atoms with van der Waals surface area (Å²) >= 11 is 0. The molecule has 3 aliphatic rings. The first kappa shape index (κ1) is 26.0. The van der Waals surface area contributed by atoms with Crippen LogP contribution in [-0.4, -0.2) is 83.3 Å². The van der Waals surface area contributed by atoms with E-state index in [1.807, 2.05) is 0 Å². The Kier molecular flexibility index (Phi) is 5.46. The van der Waals surface area contributed by atoms with Crippen LogP contribution in [0.2, 0.25) is 0 Å². The van der Waals surface area contributed by atoms with E-state index in [1.54, 1.807) is 0 Å². The second-order valence-electron chi connectivity index (χ2n) is 7.57. The van der Waals surface area contributed by atoms with Gasteiger partial charge in [-0.3, -0.25) is 0 Å². The molecule has 0 bridgehead atoms. The van der Waals surface area contributed by atoms with Crippen molar-refractivity contribution in [3.8, 4) is 0 Å². The summed E-state index contributed by atoms with van der Waals surface area (Å²) in [5.74, 6) is 5.58. The van der Waals surface area contributed by atoms with Crippen LogP contribution in [0.3, 0.4) is 0 Å². The van der Waals surface area contributed by atoms with Crippen LogP contribution in [0.5, 0.6) is 0 Å². The molecule has 0 amide bonds. The summed E-state index contributed by atoms with van der Waals surface area (Å²) in [6, 6.07) is 0. The summed E-state index contributed by atoms with van der Waals surface area (Å²) in [4.78, 5) is 0. The molecule has 3 heterocycles. The van der Waals surface area contributed by atoms with Crippen LogP contribution in [0, 0.1) is 0 Å². The molecule has 0 atom stereocenters. The molecule has 0 aliphatic carbocycles. The predicted molar refractivity (Wildman–Crippen MR) is 83.1 cm³/mol. The zero-order valence-electron chi connectivity index (χ0n) is 16.0. The van der Waals surface area contributed by atoms with Crippen LogP contribution < -0.4 is 5.84 Å². The van der Waals surface area contributed by atoms with Crippen molar-refractivity contribution in [1.82, 2.24) is 14.1 Å². The Bertz CT molecular complexity index is 678. The molecular formula is C13H17F12N4O2P. The van der Waals surface area contributed by atoms with E-state index in [1.165, 1.54) is 0 Å². The van der Waals surface area contributed by atoms with E-state index in [9.17, 15) is 52.7 Å². The molecule has 1 spiro atoms. The summed E-state index contributed by atoms with van der Waals surface area (Å²) in [7, 11) is -5.92. The fourth-order valence-electron chi connectivity index (χ4n) is 4.52. The minimum absolute atomic E-state index is 0.00236. The van der Waals surface area contributed by atoms with E-state index in [0.717, 1.165) is 0 Å². The minimum atomic E-state index is -7.28. The van der Waals surface area contributed by atoms with Crippen molar-refractivity contribution in [1.29, 1.82) is 0 Å². The monoisotopic (exact) mass is 520 g/mol. The maximum atomic E-state index is 14.0. The fraction of sp³-hybridized carbons (Fsp3) is 1.00. The molecule has 0 aromatic rings. The van der Waals surface area contributed by atoms with Gasteiger partial charge in [-0.1, -0.05) is 0 Å². The van der Waals surface area contributed by atoms with E-state index in [0.29, 0.717) is 16.4 Å². The Morgan fingerprint density at radius 3 is 1.25 bits per heavy atom. The molecule has 0 unspecified atom stereocenters. The molecule has 0 radical (unpaired) electrons. The normalized spacial score (nSPS) is 30.6. The SMILES string of the molecule is CN1CCN(N)P12(N1CCCC1)OC(C(F)(F)F)(C(F)(F)F)C(C(F)(F)F)(C(F)(F)F)O2. The molecule has 0 aromatic carbocycles. The molecule has 0 aromatic heterocycles. The molecule has 190 valence electrons. The zero-order valence-corrected chi connectivity index (χ0v) is 16.9. The van der Waals surface area contributed by atoms with E-state index in [2.05, 4.69) is 9.05 Å². The molecule has 0 saturated carbocycles. The molecule has 6 nitrogen and oxygen atoms in total. The summed E-state index contributed by atoms with van der Waals surface area (Å²) < 4.78 is 178. The standard InChI is InChI=1S/C13H17F12N4O2P/c1-27-6-7-29(26)32(27,28-4-2-3-5-28)30-8(10(14,15)16,11(17,18)19)9(31-32,12(20,21)22)13(23,24)25/h2-7,26H2,1H3. The first-order valence-corrected chi connectivity index (χ1v) is 10.8. The fourth-order valence-corrected chi connectivity index (χ4v) is 9.89. The first-order chi connectivity index (χ1) is 14.2. The van der Waals surface area contributed by atoms with Crippen LogP contribution >= 0.6 is 7.51 Å². The number of likely N-dealkylation sites (N-methyl/N-ethyl adjacent to an activating group) is 1. The average Bonchev–Trinajstić information content (AvgIpc) is 3.26. The number of rotatable bonds is 1. The number of hydrazine groups is 1. The van der Waals surface area contributed by atoms with Gasteiger partial charge in [-0.25, -0.2) is 0 Å². The zero-order chi connectivity index (χ0) is 24.8. The second kappa shape index (κ2) is 6.73. The molecule has 3 fully saturated rings. The van der Waals surface area contributed by atoms with Crippen LogP contribution in [0.1, 0.15) is 12.8 Å². The van der Waals surface area contributed by atoms with Gasteiger partial charge in [0.15, 0.2) is 0 Å². The molecule has 19 heteroatoms. The summed E-state index contributed by atoms with van der Waals surface area (Å²) in [5, 5.41) is 0. The molecule has 3 saturated heterocycles. The Morgan fingerprint density at radius 1 is 0.656 bits per heavy atom. The van der Waals surface area contributed by atoms with Gasteiger partial charge in [0.1, 0.15) is 0 Å². The van der Waals surface area contributed by atoms with Crippen molar-refractivity contribution in [2.75, 3.05) is 33.2 Å². The number of alkyl halides is 12. The number of halogens is 12. The van der Waals surface area contributed by atoms with Crippen molar-refractivity contribution in [2.24, 2.45) is 5.84 Å². The van der Waals surface area contributed by atoms with Gasteiger partial charge < -0.3 is 0 Å². The summed E-state index contributed by atoms with van der Waals surface area (Å²) in [5.41, 5.74) is -13.7. The molecule has 2 N–H and O–H groups in total. The van der Waals surface area contributed by atoms with Gasteiger partial charge in [0.2, 0.25) is 0 Å². The van der Waals surface area contributed by atoms with Gasteiger partial charge in [-0.05, 0) is 0 Å². The number of hydrogen-bond donors (Lipinski definition) is 1. The first-order valence-electron chi connectivity index (χ1n) is 8.86. The van der Waals surface area contributed by atoms with Crippen LogP contribution in [0.25, 0.3) is 0 Å². The van der Waals surface area contributed by atoms with Crippen LogP contribution in [0.15, 0.2) is 0 Å². The van der Waals surface area contributed by atoms with Crippen molar-refractivity contribution < 1.29 is 61.7 Å². The van der Waals surface area contributed by atoms with Gasteiger partial charge in [0.25, 0.3) is 0 Å². The Morgan fingerprint density at radius 2 is 1.00 bits per heavy atom. The molecule has 32 heavy (non-hydrogen) atoms. The van der Waals surface area contributed by atoms with E-state index in [4.69, 9.17) is 5.84 Å². The Hall–Kier alpha value is -0.650. The van der Waals surface area contributed by atoms with Gasteiger partial charge in [0.05, 0.1) is 0 Å². The van der Waals surface area contributed by atoms with Crippen molar-refractivity contribution in [3.05, 3.63) is 0 Å². The molecular weight excluding hydrogens is 503 g/mol. The topological polar surface area (TPSA) is 54.2 Å². The quantitative estimate of drug-likeness (QED) is 0.320.